The Morgan fingerprint density at radius 2 is 1.68 bits per heavy atom. The highest BCUT2D eigenvalue weighted by Gasteiger charge is 2.62. The van der Waals surface area contributed by atoms with Gasteiger partial charge in [-0.05, 0) is 22.2 Å². The van der Waals surface area contributed by atoms with Crippen molar-refractivity contribution in [2.45, 2.75) is 109 Å². The second kappa shape index (κ2) is 12.2. The molecule has 4 rings (SSSR count). The van der Waals surface area contributed by atoms with E-state index in [4.69, 9.17) is 38.6 Å². The summed E-state index contributed by atoms with van der Waals surface area (Å²) in [5, 5.41) is 0. The topological polar surface area (TPSA) is 168 Å². The van der Waals surface area contributed by atoms with Crippen LogP contribution in [-0.2, 0) is 32.0 Å². The van der Waals surface area contributed by atoms with Crippen LogP contribution >= 0.6 is 0 Å². The minimum atomic E-state index is -2.97. The number of nitrogens with two attached hydrogens (primary N) is 2. The van der Waals surface area contributed by atoms with Gasteiger partial charge in [-0.15, -0.1) is 0 Å². The molecule has 2 aliphatic heterocycles. The minimum absolute atomic E-state index is 0.0209. The summed E-state index contributed by atoms with van der Waals surface area (Å²) in [6.45, 7) is 17.7. The standard InChI is InChI=1S/C26H46N6O7Si2/c1-14(2)40(15(3)4)36-12-18-21(38-41(39-40,16(5)6)17(7)8)22(35-11-10-19(33)34-9)25(37-18)32-13-29-20-23(27)30-26(28)31-24(20)32/h13-18,21-22,25H,10-12H2,1-9H3,(H4,27,28,30,31)/t18-,21-,22-,25-/m1/s1. The summed E-state index contributed by atoms with van der Waals surface area (Å²) < 4.78 is 41.2. The fraction of sp³-hybridized carbons (Fsp3) is 0.769. The maximum absolute atomic E-state index is 12.0. The van der Waals surface area contributed by atoms with Crippen LogP contribution in [0.3, 0.4) is 0 Å². The molecule has 13 nitrogen and oxygen atoms in total. The molecule has 0 saturated carbocycles. The molecule has 4 atom stereocenters. The number of carbonyl (C=O) groups excluding carboxylic acids is 1. The van der Waals surface area contributed by atoms with E-state index in [-0.39, 0.29) is 59.5 Å². The fourth-order valence-corrected chi connectivity index (χ4v) is 17.3. The molecule has 2 fully saturated rings. The monoisotopic (exact) mass is 610 g/mol. The van der Waals surface area contributed by atoms with E-state index in [1.165, 1.54) is 7.11 Å². The molecular formula is C26H46N6O7Si2. The van der Waals surface area contributed by atoms with Gasteiger partial charge in [-0.1, -0.05) is 55.4 Å². The SMILES string of the molecule is COC(=O)CCO[C@@H]1[C@@H]2O[Si](C(C)C)(C(C)C)O[Si](C(C)C)(C(C)C)OC[C@H]2O[C@H]1n1cnc2c(N)nc(N)nc21. The zero-order valence-corrected chi connectivity index (χ0v) is 27.6. The van der Waals surface area contributed by atoms with Gasteiger partial charge in [0.05, 0.1) is 33.1 Å². The number of nitrogens with zero attached hydrogens (tertiary/aromatic N) is 4. The predicted octanol–water partition coefficient (Wildman–Crippen LogP) is 3.79. The number of nitrogen functional groups attached to an aromatic ring is 2. The number of ether oxygens (including phenoxy) is 3. The van der Waals surface area contributed by atoms with E-state index >= 15 is 0 Å². The average Bonchev–Trinajstić information content (AvgIpc) is 3.44. The van der Waals surface area contributed by atoms with Crippen LogP contribution in [0.1, 0.15) is 68.0 Å². The third-order valence-electron chi connectivity index (χ3n) is 8.20. The maximum Gasteiger partial charge on any atom is 0.335 e. The summed E-state index contributed by atoms with van der Waals surface area (Å²) in [6.07, 6.45) is -0.732. The summed E-state index contributed by atoms with van der Waals surface area (Å²) in [4.78, 5) is 24.8. The van der Waals surface area contributed by atoms with Gasteiger partial charge in [0, 0.05) is 0 Å². The molecule has 0 radical (unpaired) electrons. The Morgan fingerprint density at radius 3 is 2.27 bits per heavy atom. The average molecular weight is 611 g/mol. The zero-order chi connectivity index (χ0) is 30.3. The van der Waals surface area contributed by atoms with E-state index in [1.54, 1.807) is 10.9 Å². The minimum Gasteiger partial charge on any atom is -0.469 e. The molecule has 4 heterocycles. The molecule has 15 heteroatoms. The Bertz CT molecular complexity index is 1210. The van der Waals surface area contributed by atoms with Crippen molar-refractivity contribution in [1.82, 2.24) is 19.5 Å². The first-order chi connectivity index (χ1) is 19.3. The molecule has 41 heavy (non-hydrogen) atoms. The number of carbonyl (C=O) groups is 1. The Balaban J connectivity index is 1.82. The molecule has 2 saturated heterocycles. The Morgan fingerprint density at radius 1 is 1.05 bits per heavy atom. The number of methoxy groups -OCH3 is 1. The number of imidazole rings is 1. The van der Waals surface area contributed by atoms with E-state index in [0.29, 0.717) is 11.2 Å². The van der Waals surface area contributed by atoms with Gasteiger partial charge in [0.15, 0.2) is 17.7 Å². The van der Waals surface area contributed by atoms with E-state index < -0.39 is 41.7 Å². The molecule has 0 aliphatic carbocycles. The van der Waals surface area contributed by atoms with Gasteiger partial charge in [0.1, 0.15) is 23.8 Å². The molecule has 2 aromatic heterocycles. The van der Waals surface area contributed by atoms with Crippen molar-refractivity contribution in [3.63, 3.8) is 0 Å². The van der Waals surface area contributed by atoms with Crippen LogP contribution in [0, 0.1) is 0 Å². The number of hydrogen-bond acceptors (Lipinski definition) is 12. The van der Waals surface area contributed by atoms with Gasteiger partial charge < -0.3 is 38.6 Å². The highest BCUT2D eigenvalue weighted by Crippen LogP contribution is 2.49. The van der Waals surface area contributed by atoms with Crippen molar-refractivity contribution in [3.05, 3.63) is 6.33 Å². The molecule has 0 spiro atoms. The Kier molecular flexibility index (Phi) is 9.48. The lowest BCUT2D eigenvalue weighted by Crippen LogP contribution is -2.66. The third kappa shape index (κ3) is 5.77. The molecule has 2 aliphatic rings. The van der Waals surface area contributed by atoms with Crippen molar-refractivity contribution in [3.8, 4) is 0 Å². The number of fused-ring (bicyclic) bond motifs is 2. The van der Waals surface area contributed by atoms with Crippen LogP contribution in [0.25, 0.3) is 11.2 Å². The predicted molar refractivity (Wildman–Crippen MR) is 158 cm³/mol. The van der Waals surface area contributed by atoms with Gasteiger partial charge >= 0.3 is 23.1 Å². The summed E-state index contributed by atoms with van der Waals surface area (Å²) in [6, 6.07) is 0. The number of anilines is 2. The lowest BCUT2D eigenvalue weighted by molar-refractivity contribution is -0.143. The van der Waals surface area contributed by atoms with Gasteiger partial charge in [-0.2, -0.15) is 9.97 Å². The molecule has 4 N–H and O–H groups in total. The number of aromatic nitrogens is 4. The first kappa shape index (κ1) is 31.8. The van der Waals surface area contributed by atoms with Crippen LogP contribution in [-0.4, -0.2) is 81.2 Å². The molecular weight excluding hydrogens is 564 g/mol. The highest BCUT2D eigenvalue weighted by atomic mass is 28.5. The second-order valence-electron chi connectivity index (χ2n) is 12.1. The quantitative estimate of drug-likeness (QED) is 0.312. The normalized spacial score (nSPS) is 26.1. The van der Waals surface area contributed by atoms with Crippen LogP contribution in [0.15, 0.2) is 6.33 Å². The Labute approximate surface area is 244 Å². The first-order valence-electron chi connectivity index (χ1n) is 14.4. The van der Waals surface area contributed by atoms with Gasteiger partial charge in [-0.25, -0.2) is 4.98 Å². The number of esters is 1. The van der Waals surface area contributed by atoms with Gasteiger partial charge in [-0.3, -0.25) is 9.36 Å². The summed E-state index contributed by atoms with van der Waals surface area (Å²) in [5.41, 5.74) is 13.5. The van der Waals surface area contributed by atoms with Crippen LogP contribution in [0.5, 0.6) is 0 Å². The zero-order valence-electron chi connectivity index (χ0n) is 25.6. The van der Waals surface area contributed by atoms with Crippen molar-refractivity contribution in [1.29, 1.82) is 0 Å². The maximum atomic E-state index is 12.0. The molecule has 0 aromatic carbocycles. The van der Waals surface area contributed by atoms with Crippen molar-refractivity contribution in [2.75, 3.05) is 31.8 Å². The van der Waals surface area contributed by atoms with Crippen molar-refractivity contribution < 1.29 is 32.0 Å². The second-order valence-corrected chi connectivity index (χ2v) is 20.9. The fourth-order valence-electron chi connectivity index (χ4n) is 6.05. The smallest absolute Gasteiger partial charge is 0.335 e. The lowest BCUT2D eigenvalue weighted by Gasteiger charge is -2.51. The first-order valence-corrected chi connectivity index (χ1v) is 18.3. The third-order valence-corrected chi connectivity index (χ3v) is 18.4. The Hall–Kier alpha value is -2.15. The van der Waals surface area contributed by atoms with E-state index in [9.17, 15) is 4.79 Å². The summed E-state index contributed by atoms with van der Waals surface area (Å²) in [7, 11) is -4.39. The lowest BCUT2D eigenvalue weighted by atomic mass is 10.1. The molecule has 2 aromatic rings. The van der Waals surface area contributed by atoms with Crippen molar-refractivity contribution >= 4 is 46.0 Å². The van der Waals surface area contributed by atoms with Crippen molar-refractivity contribution in [2.24, 2.45) is 0 Å². The van der Waals surface area contributed by atoms with Crippen LogP contribution < -0.4 is 11.5 Å². The van der Waals surface area contributed by atoms with Gasteiger partial charge in [0.2, 0.25) is 5.95 Å². The molecule has 0 bridgehead atoms. The number of rotatable bonds is 9. The largest absolute Gasteiger partial charge is 0.469 e. The van der Waals surface area contributed by atoms with Gasteiger partial charge in [0.25, 0.3) is 0 Å². The molecule has 230 valence electrons. The highest BCUT2D eigenvalue weighted by molar-refractivity contribution is 6.84. The van der Waals surface area contributed by atoms with E-state index in [1.807, 2.05) is 0 Å². The van der Waals surface area contributed by atoms with E-state index in [0.717, 1.165) is 0 Å². The van der Waals surface area contributed by atoms with Crippen LogP contribution in [0.4, 0.5) is 11.8 Å². The number of hydrogen-bond donors (Lipinski definition) is 2. The molecule has 0 unspecified atom stereocenters. The van der Waals surface area contributed by atoms with E-state index in [2.05, 4.69) is 70.3 Å². The summed E-state index contributed by atoms with van der Waals surface area (Å²) >= 11 is 0. The molecule has 0 amide bonds. The van der Waals surface area contributed by atoms with Crippen LogP contribution in [0.2, 0.25) is 22.2 Å². The summed E-state index contributed by atoms with van der Waals surface area (Å²) in [5.74, 6) is -0.184.